The van der Waals surface area contributed by atoms with Crippen molar-refractivity contribution in [1.29, 1.82) is 0 Å². The number of ether oxygens (including phenoxy) is 3. The summed E-state index contributed by atoms with van der Waals surface area (Å²) in [7, 11) is 0. The molecule has 1 saturated heterocycles. The largest absolute Gasteiger partial charge is 0.368 e. The number of hydrogen-bond donors (Lipinski definition) is 2. The Hall–Kier alpha value is 0.190. The Kier molecular flexibility index (Phi) is 5.35. The third-order valence-electron chi connectivity index (χ3n) is 2.76. The highest BCUT2D eigenvalue weighted by Gasteiger charge is 2.46. The summed E-state index contributed by atoms with van der Waals surface area (Å²) in [5.41, 5.74) is -0.718. The molecule has 0 radical (unpaired) electrons. The average molecular weight is 292 g/mol. The van der Waals surface area contributed by atoms with Crippen LogP contribution in [0, 0.1) is 0 Å². The molecular weight excluding hydrogens is 264 g/mol. The molecule has 19 heavy (non-hydrogen) atoms. The second kappa shape index (κ2) is 5.90. The van der Waals surface area contributed by atoms with Gasteiger partial charge in [0.15, 0.2) is 6.29 Å². The second-order valence-electron chi connectivity index (χ2n) is 7.11. The van der Waals surface area contributed by atoms with Gasteiger partial charge in [-0.1, -0.05) is 0 Å². The van der Waals surface area contributed by atoms with Crippen LogP contribution in [0.1, 0.15) is 48.5 Å². The lowest BCUT2D eigenvalue weighted by Gasteiger charge is -2.46. The zero-order valence-electron chi connectivity index (χ0n) is 13.0. The number of aliphatic hydroxyl groups excluding tert-OH is 1. The van der Waals surface area contributed by atoms with Gasteiger partial charge in [-0.2, -0.15) is 12.6 Å². The van der Waals surface area contributed by atoms with Crippen molar-refractivity contribution < 1.29 is 19.3 Å². The van der Waals surface area contributed by atoms with Gasteiger partial charge in [0.05, 0.1) is 22.6 Å². The molecule has 0 saturated carbocycles. The first kappa shape index (κ1) is 17.2. The van der Waals surface area contributed by atoms with Crippen LogP contribution in [0.2, 0.25) is 0 Å². The molecule has 0 amide bonds. The van der Waals surface area contributed by atoms with Gasteiger partial charge in [0.2, 0.25) is 0 Å². The van der Waals surface area contributed by atoms with Crippen LogP contribution >= 0.6 is 12.6 Å². The molecule has 0 aromatic rings. The van der Waals surface area contributed by atoms with Crippen LogP contribution in [0.15, 0.2) is 0 Å². The van der Waals surface area contributed by atoms with Crippen LogP contribution in [-0.4, -0.2) is 46.2 Å². The van der Waals surface area contributed by atoms with E-state index in [0.29, 0.717) is 0 Å². The van der Waals surface area contributed by atoms with Gasteiger partial charge < -0.3 is 19.3 Å². The van der Waals surface area contributed by atoms with E-state index in [1.807, 2.05) is 48.5 Å². The summed E-state index contributed by atoms with van der Waals surface area (Å²) in [6, 6.07) is 0. The number of aliphatic hydroxyl groups is 1. The molecule has 0 spiro atoms. The van der Waals surface area contributed by atoms with E-state index in [4.69, 9.17) is 14.2 Å². The Balaban J connectivity index is 2.93. The van der Waals surface area contributed by atoms with E-state index in [2.05, 4.69) is 12.6 Å². The molecular formula is C14H28O4S. The quantitative estimate of drug-likeness (QED) is 0.767. The van der Waals surface area contributed by atoms with Crippen LogP contribution in [0.3, 0.4) is 0 Å². The summed E-state index contributed by atoms with van der Waals surface area (Å²) in [6.45, 7) is 13.7. The molecule has 1 aliphatic heterocycles. The molecule has 5 atom stereocenters. The highest BCUT2D eigenvalue weighted by Crippen LogP contribution is 2.32. The average Bonchev–Trinajstić information content (AvgIpc) is 2.17. The zero-order chi connectivity index (χ0) is 15.0. The van der Waals surface area contributed by atoms with Crippen molar-refractivity contribution in [1.82, 2.24) is 0 Å². The number of rotatable bonds is 2. The van der Waals surface area contributed by atoms with Crippen molar-refractivity contribution in [3.63, 3.8) is 0 Å². The van der Waals surface area contributed by atoms with Gasteiger partial charge in [-0.05, 0) is 48.5 Å². The summed E-state index contributed by atoms with van der Waals surface area (Å²) < 4.78 is 17.4. The molecule has 0 bridgehead atoms. The molecule has 1 fully saturated rings. The fourth-order valence-corrected chi connectivity index (χ4v) is 2.38. The molecule has 1 aliphatic rings. The minimum atomic E-state index is -0.995. The standard InChI is InChI=1S/C14H28O4S/c1-8-11(19)9(17-13(2,3)4)10(12(15)16-8)18-14(5,6)7/h8-12,15,19H,1-7H3. The second-order valence-corrected chi connectivity index (χ2v) is 7.71. The van der Waals surface area contributed by atoms with Crippen molar-refractivity contribution in [2.75, 3.05) is 0 Å². The fraction of sp³-hybridized carbons (Fsp3) is 1.00. The fourth-order valence-electron chi connectivity index (χ4n) is 2.08. The monoisotopic (exact) mass is 292 g/mol. The molecule has 114 valence electrons. The summed E-state index contributed by atoms with van der Waals surface area (Å²) >= 11 is 4.57. The summed E-state index contributed by atoms with van der Waals surface area (Å²) in [4.78, 5) is 0. The minimum absolute atomic E-state index is 0.144. The van der Waals surface area contributed by atoms with Gasteiger partial charge >= 0.3 is 0 Å². The lowest BCUT2D eigenvalue weighted by molar-refractivity contribution is -0.290. The van der Waals surface area contributed by atoms with Gasteiger partial charge in [-0.3, -0.25) is 0 Å². The molecule has 0 aromatic carbocycles. The van der Waals surface area contributed by atoms with Crippen LogP contribution < -0.4 is 0 Å². The van der Waals surface area contributed by atoms with Crippen LogP contribution in [0.5, 0.6) is 0 Å². The first-order chi connectivity index (χ1) is 8.41. The van der Waals surface area contributed by atoms with Crippen molar-refractivity contribution in [3.8, 4) is 0 Å². The van der Waals surface area contributed by atoms with E-state index in [1.165, 1.54) is 0 Å². The van der Waals surface area contributed by atoms with E-state index >= 15 is 0 Å². The maximum Gasteiger partial charge on any atom is 0.184 e. The van der Waals surface area contributed by atoms with Crippen LogP contribution in [-0.2, 0) is 14.2 Å². The lowest BCUT2D eigenvalue weighted by Crippen LogP contribution is -2.59. The minimum Gasteiger partial charge on any atom is -0.368 e. The first-order valence-electron chi connectivity index (χ1n) is 6.78. The smallest absolute Gasteiger partial charge is 0.184 e. The van der Waals surface area contributed by atoms with Gasteiger partial charge in [-0.25, -0.2) is 0 Å². The maximum atomic E-state index is 10.1. The van der Waals surface area contributed by atoms with E-state index in [9.17, 15) is 5.11 Å². The normalized spacial score (nSPS) is 37.4. The molecule has 1 N–H and O–H groups in total. The molecule has 0 aliphatic carbocycles. The highest BCUT2D eigenvalue weighted by atomic mass is 32.1. The van der Waals surface area contributed by atoms with Gasteiger partial charge in [0, 0.05) is 0 Å². The van der Waals surface area contributed by atoms with E-state index < -0.39 is 12.4 Å². The molecule has 5 heteroatoms. The van der Waals surface area contributed by atoms with Crippen molar-refractivity contribution in [3.05, 3.63) is 0 Å². The molecule has 5 unspecified atom stereocenters. The zero-order valence-corrected chi connectivity index (χ0v) is 13.9. The van der Waals surface area contributed by atoms with Crippen molar-refractivity contribution in [2.45, 2.75) is 89.5 Å². The number of thiol groups is 1. The Morgan fingerprint density at radius 1 is 0.947 bits per heavy atom. The molecule has 0 aromatic heterocycles. The topological polar surface area (TPSA) is 47.9 Å². The molecule has 4 nitrogen and oxygen atoms in total. The highest BCUT2D eigenvalue weighted by molar-refractivity contribution is 7.81. The van der Waals surface area contributed by atoms with Gasteiger partial charge in [0.25, 0.3) is 0 Å². The van der Waals surface area contributed by atoms with Crippen LogP contribution in [0.4, 0.5) is 0 Å². The Bertz CT molecular complexity index is 295. The lowest BCUT2D eigenvalue weighted by atomic mass is 9.99. The number of hydrogen-bond acceptors (Lipinski definition) is 5. The Morgan fingerprint density at radius 2 is 1.37 bits per heavy atom. The summed E-state index contributed by atoms with van der Waals surface area (Å²) in [6.07, 6.45) is -2.05. The SMILES string of the molecule is CC1OC(O)C(OC(C)(C)C)C(OC(C)(C)C)C1S. The van der Waals surface area contributed by atoms with E-state index in [1.54, 1.807) is 0 Å². The predicted octanol–water partition coefficient (Wildman–Crippen LogP) is 2.39. The van der Waals surface area contributed by atoms with E-state index in [0.717, 1.165) is 0 Å². The van der Waals surface area contributed by atoms with Gasteiger partial charge in [-0.15, -0.1) is 0 Å². The van der Waals surface area contributed by atoms with Crippen molar-refractivity contribution >= 4 is 12.6 Å². The van der Waals surface area contributed by atoms with Crippen molar-refractivity contribution in [2.24, 2.45) is 0 Å². The Labute approximate surface area is 122 Å². The summed E-state index contributed by atoms with van der Waals surface area (Å²) in [5, 5.41) is 9.98. The third-order valence-corrected chi connectivity index (χ3v) is 3.47. The first-order valence-corrected chi connectivity index (χ1v) is 7.29. The predicted molar refractivity (Wildman–Crippen MR) is 78.6 cm³/mol. The van der Waals surface area contributed by atoms with Gasteiger partial charge in [0.1, 0.15) is 12.2 Å². The third kappa shape index (κ3) is 5.23. The Morgan fingerprint density at radius 3 is 1.79 bits per heavy atom. The summed E-state index contributed by atoms with van der Waals surface area (Å²) in [5.74, 6) is 0. The van der Waals surface area contributed by atoms with E-state index in [-0.39, 0.29) is 28.7 Å². The molecule has 1 heterocycles. The maximum absolute atomic E-state index is 10.1. The molecule has 1 rings (SSSR count). The van der Waals surface area contributed by atoms with Crippen LogP contribution in [0.25, 0.3) is 0 Å².